The molecule has 0 saturated carbocycles. The summed E-state index contributed by atoms with van der Waals surface area (Å²) in [6, 6.07) is 19.7. The highest BCUT2D eigenvalue weighted by molar-refractivity contribution is 5.91. The van der Waals surface area contributed by atoms with E-state index in [4.69, 9.17) is 9.47 Å². The molecule has 0 radical (unpaired) electrons. The van der Waals surface area contributed by atoms with Gasteiger partial charge in [-0.15, -0.1) is 0 Å². The van der Waals surface area contributed by atoms with Crippen LogP contribution in [0.4, 0.5) is 11.5 Å². The van der Waals surface area contributed by atoms with Gasteiger partial charge in [0.25, 0.3) is 0 Å². The van der Waals surface area contributed by atoms with Crippen LogP contribution in [0.3, 0.4) is 0 Å². The van der Waals surface area contributed by atoms with Crippen LogP contribution in [0.25, 0.3) is 22.3 Å². The topological polar surface area (TPSA) is 85.0 Å². The number of aromatic amines is 1. The van der Waals surface area contributed by atoms with Gasteiger partial charge in [-0.05, 0) is 85.6 Å². The number of ether oxygens (including phenoxy) is 2. The second-order valence-electron chi connectivity index (χ2n) is 7.74. The largest absolute Gasteiger partial charge is 0.497 e. The van der Waals surface area contributed by atoms with E-state index in [0.717, 1.165) is 50.7 Å². The lowest BCUT2D eigenvalue weighted by Gasteiger charge is -2.12. The molecule has 0 fully saturated rings. The molecule has 0 aliphatic carbocycles. The van der Waals surface area contributed by atoms with Crippen molar-refractivity contribution in [3.05, 3.63) is 84.4 Å². The summed E-state index contributed by atoms with van der Waals surface area (Å²) in [7, 11) is 1.66. The fourth-order valence-electron chi connectivity index (χ4n) is 3.58. The van der Waals surface area contributed by atoms with Gasteiger partial charge < -0.3 is 19.8 Å². The van der Waals surface area contributed by atoms with Crippen LogP contribution in [0.2, 0.25) is 0 Å². The predicted molar refractivity (Wildman–Crippen MR) is 129 cm³/mol. The van der Waals surface area contributed by atoms with E-state index in [1.54, 1.807) is 19.6 Å². The van der Waals surface area contributed by atoms with E-state index in [-0.39, 0.29) is 0 Å². The van der Waals surface area contributed by atoms with Crippen LogP contribution in [-0.4, -0.2) is 27.0 Å². The van der Waals surface area contributed by atoms with Gasteiger partial charge in [-0.3, -0.25) is 4.98 Å². The van der Waals surface area contributed by atoms with Crippen LogP contribution in [0.1, 0.15) is 11.3 Å². The SMILES string of the molecule is COc1ccc(-c2cc3ncnc(Nc4ccc(Oc5ccc(C)nc5)c(C)c4)c3[nH]2)cc1. The minimum absolute atomic E-state index is 0.704. The van der Waals surface area contributed by atoms with Crippen molar-refractivity contribution in [1.82, 2.24) is 19.9 Å². The maximum Gasteiger partial charge on any atom is 0.158 e. The molecule has 3 aromatic heterocycles. The quantitative estimate of drug-likeness (QED) is 0.330. The van der Waals surface area contributed by atoms with Crippen molar-refractivity contribution in [2.75, 3.05) is 12.4 Å². The molecule has 0 saturated heterocycles. The summed E-state index contributed by atoms with van der Waals surface area (Å²) in [5.74, 6) is 3.01. The fourth-order valence-corrected chi connectivity index (χ4v) is 3.58. The summed E-state index contributed by atoms with van der Waals surface area (Å²) in [4.78, 5) is 16.6. The van der Waals surface area contributed by atoms with Gasteiger partial charge in [-0.1, -0.05) is 0 Å². The number of methoxy groups -OCH3 is 1. The van der Waals surface area contributed by atoms with E-state index in [1.165, 1.54) is 0 Å². The summed E-state index contributed by atoms with van der Waals surface area (Å²) in [5.41, 5.74) is 6.53. The number of nitrogens with zero attached hydrogens (tertiary/aromatic N) is 3. The number of benzene rings is 2. The van der Waals surface area contributed by atoms with Crippen molar-refractivity contribution >= 4 is 22.5 Å². The van der Waals surface area contributed by atoms with Gasteiger partial charge in [0, 0.05) is 17.1 Å². The molecule has 0 spiro atoms. The molecule has 3 heterocycles. The molecule has 0 atom stereocenters. The van der Waals surface area contributed by atoms with Gasteiger partial charge in [0.1, 0.15) is 29.1 Å². The van der Waals surface area contributed by atoms with Gasteiger partial charge in [0.2, 0.25) is 0 Å². The molecule has 2 N–H and O–H groups in total. The van der Waals surface area contributed by atoms with Crippen molar-refractivity contribution in [1.29, 1.82) is 0 Å². The summed E-state index contributed by atoms with van der Waals surface area (Å²) in [6.07, 6.45) is 3.29. The Kier molecular flexibility index (Phi) is 5.36. The van der Waals surface area contributed by atoms with Crippen molar-refractivity contribution in [3.63, 3.8) is 0 Å². The molecule has 0 aliphatic rings. The highest BCUT2D eigenvalue weighted by Gasteiger charge is 2.11. The Labute approximate surface area is 191 Å². The number of nitrogens with one attached hydrogen (secondary N) is 2. The lowest BCUT2D eigenvalue weighted by Crippen LogP contribution is -1.97. The Morgan fingerprint density at radius 3 is 2.39 bits per heavy atom. The van der Waals surface area contributed by atoms with Crippen molar-refractivity contribution in [2.24, 2.45) is 0 Å². The van der Waals surface area contributed by atoms with E-state index >= 15 is 0 Å². The number of H-pyrrole nitrogens is 1. The number of aromatic nitrogens is 4. The van der Waals surface area contributed by atoms with E-state index in [1.807, 2.05) is 74.5 Å². The third kappa shape index (κ3) is 4.34. The predicted octanol–water partition coefficient (Wildman–Crippen LogP) is 6.18. The standard InChI is InChI=1S/C26H23N5O2/c1-16-12-19(7-11-24(16)33-21-8-4-17(2)27-14-21)30-26-25-23(28-15-29-26)13-22(31-25)18-5-9-20(32-3)10-6-18/h4-15,31H,1-3H3,(H,28,29,30). The molecule has 164 valence electrons. The summed E-state index contributed by atoms with van der Waals surface area (Å²) >= 11 is 0. The summed E-state index contributed by atoms with van der Waals surface area (Å²) < 4.78 is 11.2. The first-order chi connectivity index (χ1) is 16.1. The number of fused-ring (bicyclic) bond motifs is 1. The Morgan fingerprint density at radius 1 is 0.848 bits per heavy atom. The van der Waals surface area contributed by atoms with Gasteiger partial charge in [-0.25, -0.2) is 9.97 Å². The monoisotopic (exact) mass is 437 g/mol. The zero-order chi connectivity index (χ0) is 22.8. The van der Waals surface area contributed by atoms with Crippen LogP contribution in [0.5, 0.6) is 17.2 Å². The Bertz CT molecular complexity index is 1410. The molecule has 2 aromatic carbocycles. The highest BCUT2D eigenvalue weighted by Crippen LogP contribution is 2.31. The van der Waals surface area contributed by atoms with E-state index < -0.39 is 0 Å². The lowest BCUT2D eigenvalue weighted by atomic mass is 10.1. The van der Waals surface area contributed by atoms with Crippen molar-refractivity contribution in [3.8, 4) is 28.5 Å². The second-order valence-corrected chi connectivity index (χ2v) is 7.74. The lowest BCUT2D eigenvalue weighted by molar-refractivity contribution is 0.415. The van der Waals surface area contributed by atoms with Crippen LogP contribution in [-0.2, 0) is 0 Å². The van der Waals surface area contributed by atoms with Crippen LogP contribution < -0.4 is 14.8 Å². The van der Waals surface area contributed by atoms with Crippen LogP contribution in [0, 0.1) is 13.8 Å². The third-order valence-corrected chi connectivity index (χ3v) is 5.37. The molecule has 7 heteroatoms. The molecule has 0 bridgehead atoms. The molecule has 0 amide bonds. The van der Waals surface area contributed by atoms with Crippen LogP contribution >= 0.6 is 0 Å². The van der Waals surface area contributed by atoms with Crippen LogP contribution in [0.15, 0.2) is 73.2 Å². The Balaban J connectivity index is 1.39. The number of hydrogen-bond donors (Lipinski definition) is 2. The molecule has 7 nitrogen and oxygen atoms in total. The molecule has 0 unspecified atom stereocenters. The van der Waals surface area contributed by atoms with Gasteiger partial charge in [0.15, 0.2) is 5.82 Å². The number of anilines is 2. The van der Waals surface area contributed by atoms with Gasteiger partial charge in [-0.2, -0.15) is 0 Å². The first-order valence-electron chi connectivity index (χ1n) is 10.6. The minimum Gasteiger partial charge on any atom is -0.497 e. The number of hydrogen-bond acceptors (Lipinski definition) is 6. The zero-order valence-electron chi connectivity index (χ0n) is 18.6. The second kappa shape index (κ2) is 8.63. The smallest absolute Gasteiger partial charge is 0.158 e. The van der Waals surface area contributed by atoms with Crippen molar-refractivity contribution in [2.45, 2.75) is 13.8 Å². The Hall–Kier alpha value is -4.39. The summed E-state index contributed by atoms with van der Waals surface area (Å²) in [6.45, 7) is 3.96. The number of pyridine rings is 1. The fraction of sp³-hybridized carbons (Fsp3) is 0.115. The zero-order valence-corrected chi connectivity index (χ0v) is 18.6. The molecule has 5 aromatic rings. The average molecular weight is 438 g/mol. The maximum atomic E-state index is 5.98. The average Bonchev–Trinajstić information content (AvgIpc) is 3.28. The molecule has 5 rings (SSSR count). The van der Waals surface area contributed by atoms with Gasteiger partial charge in [0.05, 0.1) is 18.8 Å². The first-order valence-corrected chi connectivity index (χ1v) is 10.6. The van der Waals surface area contributed by atoms with E-state index in [0.29, 0.717) is 11.6 Å². The summed E-state index contributed by atoms with van der Waals surface area (Å²) in [5, 5.41) is 3.40. The normalized spacial score (nSPS) is 10.9. The first kappa shape index (κ1) is 20.5. The van der Waals surface area contributed by atoms with E-state index in [2.05, 4.69) is 25.3 Å². The minimum atomic E-state index is 0.704. The highest BCUT2D eigenvalue weighted by atomic mass is 16.5. The van der Waals surface area contributed by atoms with Gasteiger partial charge >= 0.3 is 0 Å². The molecular weight excluding hydrogens is 414 g/mol. The molecular formula is C26H23N5O2. The Morgan fingerprint density at radius 2 is 1.67 bits per heavy atom. The van der Waals surface area contributed by atoms with E-state index in [9.17, 15) is 0 Å². The van der Waals surface area contributed by atoms with Crippen molar-refractivity contribution < 1.29 is 9.47 Å². The molecule has 0 aliphatic heterocycles. The third-order valence-electron chi connectivity index (χ3n) is 5.37. The number of aryl methyl sites for hydroxylation is 2. The maximum absolute atomic E-state index is 5.98. The number of rotatable bonds is 6. The molecule has 33 heavy (non-hydrogen) atoms.